The van der Waals surface area contributed by atoms with E-state index in [9.17, 15) is 5.11 Å². The van der Waals surface area contributed by atoms with E-state index in [-0.39, 0.29) is 0 Å². The van der Waals surface area contributed by atoms with Crippen molar-refractivity contribution in [3.63, 3.8) is 0 Å². The highest BCUT2D eigenvalue weighted by molar-refractivity contribution is 5.22. The fraction of sp³-hybridized carbons (Fsp3) is 0.500. The predicted octanol–water partition coefficient (Wildman–Crippen LogP) is 4.61. The van der Waals surface area contributed by atoms with Gasteiger partial charge in [-0.3, -0.25) is 0 Å². The third kappa shape index (κ3) is 4.36. The van der Waals surface area contributed by atoms with Gasteiger partial charge in [0.1, 0.15) is 11.6 Å². The van der Waals surface area contributed by atoms with Gasteiger partial charge in [0.05, 0.1) is 20.1 Å². The standard InChI is InChI=1S/C24H34NO/c1-3-4-17-25(2)18-11-16-23(25)24(26,19-21-12-7-5-8-13-21)20-22-14-9-6-10-15-22/h5-10,12-15,23,26H,3-4,11,16-20H2,1-2H3/q+1. The molecule has 0 spiro atoms. The molecular formula is C24H34NO+. The van der Waals surface area contributed by atoms with Crippen LogP contribution >= 0.6 is 0 Å². The zero-order valence-corrected chi connectivity index (χ0v) is 16.4. The third-order valence-electron chi connectivity index (χ3n) is 6.25. The summed E-state index contributed by atoms with van der Waals surface area (Å²) in [5.74, 6) is 0. The van der Waals surface area contributed by atoms with Crippen LogP contribution in [-0.4, -0.2) is 41.4 Å². The lowest BCUT2D eigenvalue weighted by Crippen LogP contribution is -2.61. The first-order valence-corrected chi connectivity index (χ1v) is 10.2. The molecule has 0 aromatic heterocycles. The van der Waals surface area contributed by atoms with Crippen LogP contribution in [0, 0.1) is 0 Å². The molecule has 3 rings (SSSR count). The van der Waals surface area contributed by atoms with Gasteiger partial charge in [-0.1, -0.05) is 74.0 Å². The Labute approximate surface area is 159 Å². The maximum Gasteiger partial charge on any atom is 0.124 e. The lowest BCUT2D eigenvalue weighted by molar-refractivity contribution is -0.928. The average molecular weight is 353 g/mol. The number of likely N-dealkylation sites (tertiary alicyclic amines) is 1. The number of hydrogen-bond donors (Lipinski definition) is 1. The van der Waals surface area contributed by atoms with Crippen molar-refractivity contribution in [1.82, 2.24) is 0 Å². The Hall–Kier alpha value is -1.64. The Morgan fingerprint density at radius 1 is 0.962 bits per heavy atom. The molecule has 2 nitrogen and oxygen atoms in total. The molecule has 2 heteroatoms. The van der Waals surface area contributed by atoms with Crippen molar-refractivity contribution >= 4 is 0 Å². The summed E-state index contributed by atoms with van der Waals surface area (Å²) < 4.78 is 1.02. The summed E-state index contributed by atoms with van der Waals surface area (Å²) in [6, 6.07) is 21.3. The molecule has 0 aliphatic carbocycles. The van der Waals surface area contributed by atoms with Gasteiger partial charge in [-0.2, -0.15) is 0 Å². The second kappa shape index (κ2) is 8.37. The first-order valence-electron chi connectivity index (χ1n) is 10.2. The summed E-state index contributed by atoms with van der Waals surface area (Å²) in [5, 5.41) is 12.0. The summed E-state index contributed by atoms with van der Waals surface area (Å²) >= 11 is 0. The SMILES string of the molecule is CCCC[N+]1(C)CCCC1C(O)(Cc1ccccc1)Cc1ccccc1. The summed E-state index contributed by atoms with van der Waals surface area (Å²) in [7, 11) is 2.37. The van der Waals surface area contributed by atoms with Crippen LogP contribution in [0.5, 0.6) is 0 Å². The van der Waals surface area contributed by atoms with Crippen LogP contribution in [0.15, 0.2) is 60.7 Å². The fourth-order valence-electron chi connectivity index (χ4n) is 4.95. The molecule has 0 bridgehead atoms. The topological polar surface area (TPSA) is 20.2 Å². The Bertz CT molecular complexity index is 628. The molecule has 1 aliphatic heterocycles. The van der Waals surface area contributed by atoms with Crippen molar-refractivity contribution in [3.8, 4) is 0 Å². The monoisotopic (exact) mass is 352 g/mol. The van der Waals surface area contributed by atoms with E-state index in [1.807, 2.05) is 0 Å². The van der Waals surface area contributed by atoms with Crippen LogP contribution in [-0.2, 0) is 12.8 Å². The number of unbranched alkanes of at least 4 members (excludes halogenated alkanes) is 1. The van der Waals surface area contributed by atoms with Crippen LogP contribution in [0.25, 0.3) is 0 Å². The van der Waals surface area contributed by atoms with Gasteiger partial charge in [0.2, 0.25) is 0 Å². The third-order valence-corrected chi connectivity index (χ3v) is 6.25. The van der Waals surface area contributed by atoms with Crippen LogP contribution in [0.1, 0.15) is 43.7 Å². The summed E-state index contributed by atoms with van der Waals surface area (Å²) in [6.07, 6.45) is 6.25. The second-order valence-corrected chi connectivity index (χ2v) is 8.37. The fourth-order valence-corrected chi connectivity index (χ4v) is 4.95. The Morgan fingerprint density at radius 3 is 2.00 bits per heavy atom. The van der Waals surface area contributed by atoms with Gasteiger partial charge in [-0.15, -0.1) is 0 Å². The molecule has 0 radical (unpaired) electrons. The van der Waals surface area contributed by atoms with Crippen molar-refractivity contribution in [3.05, 3.63) is 71.8 Å². The molecule has 140 valence electrons. The molecule has 1 heterocycles. The van der Waals surface area contributed by atoms with Gasteiger partial charge < -0.3 is 9.59 Å². The smallest absolute Gasteiger partial charge is 0.124 e. The minimum absolute atomic E-state index is 0.300. The van der Waals surface area contributed by atoms with E-state index in [1.165, 1.54) is 43.5 Å². The van der Waals surface area contributed by atoms with Gasteiger partial charge in [0.15, 0.2) is 0 Å². The van der Waals surface area contributed by atoms with Gasteiger partial charge in [0.25, 0.3) is 0 Å². The van der Waals surface area contributed by atoms with E-state index in [0.29, 0.717) is 6.04 Å². The zero-order chi connectivity index (χ0) is 18.5. The molecule has 0 amide bonds. The number of nitrogens with zero attached hydrogens (tertiary/aromatic N) is 1. The van der Waals surface area contributed by atoms with Crippen molar-refractivity contribution < 1.29 is 9.59 Å². The van der Waals surface area contributed by atoms with Crippen LogP contribution < -0.4 is 0 Å². The second-order valence-electron chi connectivity index (χ2n) is 8.37. The van der Waals surface area contributed by atoms with Gasteiger partial charge in [0, 0.05) is 25.7 Å². The number of quaternary nitrogens is 1. The number of likely N-dealkylation sites (N-methyl/N-ethyl adjacent to an activating group) is 1. The normalized spacial score (nSPS) is 23.3. The minimum Gasteiger partial charge on any atom is -0.383 e. The molecule has 1 aliphatic rings. The summed E-state index contributed by atoms with van der Waals surface area (Å²) in [4.78, 5) is 0. The summed E-state index contributed by atoms with van der Waals surface area (Å²) in [5.41, 5.74) is 1.77. The minimum atomic E-state index is -0.707. The maximum absolute atomic E-state index is 12.0. The quantitative estimate of drug-likeness (QED) is 0.688. The average Bonchev–Trinajstić information content (AvgIpc) is 3.04. The zero-order valence-electron chi connectivity index (χ0n) is 16.4. The lowest BCUT2D eigenvalue weighted by atomic mass is 9.80. The lowest BCUT2D eigenvalue weighted by Gasteiger charge is -2.45. The molecule has 1 saturated heterocycles. The van der Waals surface area contributed by atoms with Gasteiger partial charge in [-0.25, -0.2) is 0 Å². The van der Waals surface area contributed by atoms with Gasteiger partial charge >= 0.3 is 0 Å². The Morgan fingerprint density at radius 2 is 1.50 bits per heavy atom. The largest absolute Gasteiger partial charge is 0.383 e. The maximum atomic E-state index is 12.0. The molecule has 2 aromatic carbocycles. The first-order chi connectivity index (χ1) is 12.6. The molecular weight excluding hydrogens is 318 g/mol. The van der Waals surface area contributed by atoms with E-state index in [4.69, 9.17) is 0 Å². The van der Waals surface area contributed by atoms with Gasteiger partial charge in [-0.05, 0) is 17.5 Å². The molecule has 1 fully saturated rings. The van der Waals surface area contributed by atoms with E-state index in [2.05, 4.69) is 74.6 Å². The number of benzene rings is 2. The highest BCUT2D eigenvalue weighted by Gasteiger charge is 2.50. The van der Waals surface area contributed by atoms with Crippen molar-refractivity contribution in [2.45, 2.75) is 57.1 Å². The number of rotatable bonds is 8. The van der Waals surface area contributed by atoms with E-state index < -0.39 is 5.60 Å². The van der Waals surface area contributed by atoms with E-state index in [1.54, 1.807) is 0 Å². The van der Waals surface area contributed by atoms with Crippen molar-refractivity contribution in [2.24, 2.45) is 0 Å². The Balaban J connectivity index is 1.91. The van der Waals surface area contributed by atoms with E-state index in [0.717, 1.165) is 23.7 Å². The van der Waals surface area contributed by atoms with E-state index >= 15 is 0 Å². The van der Waals surface area contributed by atoms with Crippen LogP contribution in [0.3, 0.4) is 0 Å². The molecule has 2 atom stereocenters. The highest BCUT2D eigenvalue weighted by atomic mass is 16.3. The highest BCUT2D eigenvalue weighted by Crippen LogP contribution is 2.37. The van der Waals surface area contributed by atoms with Crippen LogP contribution in [0.4, 0.5) is 0 Å². The molecule has 0 saturated carbocycles. The predicted molar refractivity (Wildman–Crippen MR) is 109 cm³/mol. The van der Waals surface area contributed by atoms with Crippen LogP contribution in [0.2, 0.25) is 0 Å². The summed E-state index contributed by atoms with van der Waals surface area (Å²) in [6.45, 7) is 4.63. The number of hydrogen-bond acceptors (Lipinski definition) is 1. The first kappa shape index (κ1) is 19.1. The Kier molecular flexibility index (Phi) is 6.16. The molecule has 26 heavy (non-hydrogen) atoms. The molecule has 2 unspecified atom stereocenters. The molecule has 1 N–H and O–H groups in total. The van der Waals surface area contributed by atoms with Crippen molar-refractivity contribution in [1.29, 1.82) is 0 Å². The number of aliphatic hydroxyl groups is 1. The van der Waals surface area contributed by atoms with Crippen molar-refractivity contribution in [2.75, 3.05) is 20.1 Å². The molecule has 2 aromatic rings.